The zero-order valence-electron chi connectivity index (χ0n) is 17.7. The molecule has 32 heavy (non-hydrogen) atoms. The normalized spacial score (nSPS) is 23.4. The van der Waals surface area contributed by atoms with E-state index in [-0.39, 0.29) is 24.2 Å². The van der Waals surface area contributed by atoms with Gasteiger partial charge in [-0.2, -0.15) is 5.10 Å². The van der Waals surface area contributed by atoms with Crippen molar-refractivity contribution < 1.29 is 4.79 Å². The summed E-state index contributed by atoms with van der Waals surface area (Å²) in [5.74, 6) is 0.957. The van der Waals surface area contributed by atoms with Gasteiger partial charge in [-0.1, -0.05) is 54.1 Å². The van der Waals surface area contributed by atoms with Gasteiger partial charge >= 0.3 is 0 Å². The average molecular weight is 451 g/mol. The van der Waals surface area contributed by atoms with Crippen molar-refractivity contribution in [2.75, 3.05) is 6.54 Å². The Kier molecular flexibility index (Phi) is 6.01. The van der Waals surface area contributed by atoms with E-state index >= 15 is 0 Å². The molecule has 0 saturated carbocycles. The number of hydrogen-bond acceptors (Lipinski definition) is 6. The van der Waals surface area contributed by atoms with E-state index in [2.05, 4.69) is 61.6 Å². The Bertz CT molecular complexity index is 1010. The van der Waals surface area contributed by atoms with Crippen molar-refractivity contribution in [3.63, 3.8) is 0 Å². The second-order valence-corrected chi connectivity index (χ2v) is 8.77. The highest BCUT2D eigenvalue weighted by molar-refractivity contribution is 6.30. The molecule has 2 aromatic carbocycles. The number of nitrogens with zero attached hydrogens (tertiary/aromatic N) is 3. The molecule has 166 valence electrons. The van der Waals surface area contributed by atoms with E-state index in [0.29, 0.717) is 19.4 Å². The Morgan fingerprint density at radius 1 is 1.09 bits per heavy atom. The van der Waals surface area contributed by atoms with Crippen LogP contribution < -0.4 is 16.2 Å². The molecule has 1 fully saturated rings. The van der Waals surface area contributed by atoms with Crippen LogP contribution in [0.5, 0.6) is 0 Å². The third kappa shape index (κ3) is 4.45. The highest BCUT2D eigenvalue weighted by Crippen LogP contribution is 2.34. The maximum Gasteiger partial charge on any atom is 0.220 e. The molecule has 0 aromatic heterocycles. The number of halogens is 1. The van der Waals surface area contributed by atoms with Crippen LogP contribution in [-0.2, 0) is 11.2 Å². The summed E-state index contributed by atoms with van der Waals surface area (Å²) in [5.41, 5.74) is 9.29. The average Bonchev–Trinajstić information content (AvgIpc) is 3.43. The van der Waals surface area contributed by atoms with Crippen LogP contribution in [0, 0.1) is 0 Å². The second kappa shape index (κ2) is 9.22. The van der Waals surface area contributed by atoms with Gasteiger partial charge in [-0.25, -0.2) is 5.43 Å². The van der Waals surface area contributed by atoms with Crippen molar-refractivity contribution in [2.45, 2.75) is 43.9 Å². The Hall–Kier alpha value is -3.03. The van der Waals surface area contributed by atoms with Gasteiger partial charge in [0, 0.05) is 36.8 Å². The number of hydrazone groups is 1. The second-order valence-electron chi connectivity index (χ2n) is 8.34. The maximum absolute atomic E-state index is 12.3. The van der Waals surface area contributed by atoms with Gasteiger partial charge in [0.2, 0.25) is 5.91 Å². The lowest BCUT2D eigenvalue weighted by molar-refractivity contribution is -0.120. The molecule has 3 unspecified atom stereocenters. The van der Waals surface area contributed by atoms with Crippen molar-refractivity contribution in [1.82, 2.24) is 26.1 Å². The molecule has 1 amide bonds. The minimum Gasteiger partial charge on any atom is -0.356 e. The fourth-order valence-corrected chi connectivity index (χ4v) is 4.65. The Morgan fingerprint density at radius 2 is 1.91 bits per heavy atom. The number of benzene rings is 2. The Morgan fingerprint density at radius 3 is 2.72 bits per heavy atom. The molecule has 8 heteroatoms. The number of nitrogens with one attached hydrogen (secondary N) is 3. The van der Waals surface area contributed by atoms with Crippen LogP contribution >= 0.6 is 11.6 Å². The van der Waals surface area contributed by atoms with E-state index in [4.69, 9.17) is 11.6 Å². The third-order valence-corrected chi connectivity index (χ3v) is 6.49. The number of carbonyl (C=O) groups excluding carboxylic acids is 1. The standard InChI is InChI=1S/C24H27ClN6O/c25-19-8-6-18(7-9-19)20-16-21-24-28-27-22(30(24)14-15-31(21)29-20)10-11-23(32)26-13-12-17-4-2-1-3-5-17/h1-9,14-15,20-21,24,28-29H,10-13,16H2,(H,26,32). The molecule has 0 aliphatic carbocycles. The molecule has 2 aromatic rings. The zero-order chi connectivity index (χ0) is 21.9. The van der Waals surface area contributed by atoms with Crippen molar-refractivity contribution in [1.29, 1.82) is 0 Å². The quantitative estimate of drug-likeness (QED) is 0.604. The molecule has 3 aliphatic rings. The molecule has 0 spiro atoms. The topological polar surface area (TPSA) is 72.0 Å². The summed E-state index contributed by atoms with van der Waals surface area (Å²) in [5, 5.41) is 10.5. The van der Waals surface area contributed by atoms with E-state index in [1.165, 1.54) is 11.1 Å². The maximum atomic E-state index is 12.3. The predicted octanol–water partition coefficient (Wildman–Crippen LogP) is 3.13. The first kappa shape index (κ1) is 20.8. The minimum atomic E-state index is 0.0556. The van der Waals surface area contributed by atoms with Gasteiger partial charge in [0.15, 0.2) is 0 Å². The van der Waals surface area contributed by atoms with Crippen LogP contribution in [0.4, 0.5) is 0 Å². The summed E-state index contributed by atoms with van der Waals surface area (Å²) in [4.78, 5) is 14.5. The molecule has 3 atom stereocenters. The van der Waals surface area contributed by atoms with Gasteiger partial charge in [-0.3, -0.25) is 10.2 Å². The molecule has 0 bridgehead atoms. The van der Waals surface area contributed by atoms with E-state index in [0.717, 1.165) is 23.7 Å². The lowest BCUT2D eigenvalue weighted by Gasteiger charge is -2.37. The van der Waals surface area contributed by atoms with E-state index in [1.807, 2.05) is 36.5 Å². The highest BCUT2D eigenvalue weighted by atomic mass is 35.5. The smallest absolute Gasteiger partial charge is 0.220 e. The van der Waals surface area contributed by atoms with E-state index in [9.17, 15) is 4.79 Å². The Labute approximate surface area is 193 Å². The molecule has 0 radical (unpaired) electrons. The van der Waals surface area contributed by atoms with Crippen LogP contribution in [0.15, 0.2) is 72.1 Å². The predicted molar refractivity (Wildman–Crippen MR) is 125 cm³/mol. The summed E-state index contributed by atoms with van der Waals surface area (Å²) in [6, 6.07) is 18.6. The molecular weight excluding hydrogens is 424 g/mol. The van der Waals surface area contributed by atoms with Crippen molar-refractivity contribution in [3.05, 3.63) is 83.1 Å². The van der Waals surface area contributed by atoms with Gasteiger partial charge in [-0.05, 0) is 36.1 Å². The number of rotatable bonds is 7. The van der Waals surface area contributed by atoms with Gasteiger partial charge in [0.25, 0.3) is 0 Å². The first-order chi connectivity index (χ1) is 15.7. The summed E-state index contributed by atoms with van der Waals surface area (Å²) < 4.78 is 0. The molecule has 3 N–H and O–H groups in total. The van der Waals surface area contributed by atoms with Crippen LogP contribution in [0.2, 0.25) is 5.02 Å². The fraction of sp³-hybridized carbons (Fsp3) is 0.333. The number of hydrogen-bond donors (Lipinski definition) is 3. The van der Waals surface area contributed by atoms with Crippen LogP contribution in [0.3, 0.4) is 0 Å². The Balaban J connectivity index is 1.11. The van der Waals surface area contributed by atoms with Gasteiger partial charge in [0.1, 0.15) is 12.0 Å². The summed E-state index contributed by atoms with van der Waals surface area (Å²) in [7, 11) is 0. The molecule has 7 nitrogen and oxygen atoms in total. The van der Waals surface area contributed by atoms with E-state index < -0.39 is 0 Å². The van der Waals surface area contributed by atoms with Crippen LogP contribution in [0.25, 0.3) is 0 Å². The number of amides is 1. The highest BCUT2D eigenvalue weighted by Gasteiger charge is 2.44. The molecule has 5 rings (SSSR count). The van der Waals surface area contributed by atoms with E-state index in [1.54, 1.807) is 0 Å². The van der Waals surface area contributed by atoms with Crippen molar-refractivity contribution >= 4 is 23.3 Å². The summed E-state index contributed by atoms with van der Waals surface area (Å²) in [6.07, 6.45) is 6.96. The SMILES string of the molecule is O=C(CCC1=NNC2C3CC(c4ccc(Cl)cc4)NN3C=CN12)NCCc1ccccc1. The van der Waals surface area contributed by atoms with Crippen molar-refractivity contribution in [2.24, 2.45) is 5.10 Å². The molecule has 1 saturated heterocycles. The fourth-order valence-electron chi connectivity index (χ4n) is 4.53. The van der Waals surface area contributed by atoms with Crippen LogP contribution in [-0.4, -0.2) is 40.4 Å². The lowest BCUT2D eigenvalue weighted by atomic mass is 9.99. The molecular formula is C24H27ClN6O. The molecule has 3 heterocycles. The minimum absolute atomic E-state index is 0.0556. The number of amidine groups is 1. The van der Waals surface area contributed by atoms with Crippen molar-refractivity contribution in [3.8, 4) is 0 Å². The van der Waals surface area contributed by atoms with Gasteiger partial charge < -0.3 is 15.2 Å². The first-order valence-electron chi connectivity index (χ1n) is 11.1. The number of hydrazine groups is 1. The summed E-state index contributed by atoms with van der Waals surface area (Å²) in [6.45, 7) is 0.647. The van der Waals surface area contributed by atoms with Gasteiger partial charge in [0.05, 0.1) is 12.1 Å². The molecule has 3 aliphatic heterocycles. The first-order valence-corrected chi connectivity index (χ1v) is 11.4. The monoisotopic (exact) mass is 450 g/mol. The third-order valence-electron chi connectivity index (χ3n) is 6.24. The largest absolute Gasteiger partial charge is 0.356 e. The summed E-state index contributed by atoms with van der Waals surface area (Å²) >= 11 is 6.04. The van der Waals surface area contributed by atoms with Gasteiger partial charge in [-0.15, -0.1) is 0 Å². The number of carbonyl (C=O) groups is 1. The van der Waals surface area contributed by atoms with Crippen LogP contribution in [0.1, 0.15) is 36.4 Å². The lowest BCUT2D eigenvalue weighted by Crippen LogP contribution is -2.54. The zero-order valence-corrected chi connectivity index (χ0v) is 18.5. The number of fused-ring (bicyclic) bond motifs is 3.